The smallest absolute Gasteiger partial charge is 0.252 e. The van der Waals surface area contributed by atoms with Gasteiger partial charge in [-0.1, -0.05) is 0 Å². The van der Waals surface area contributed by atoms with Gasteiger partial charge in [0.2, 0.25) is 0 Å². The first-order valence-electron chi connectivity index (χ1n) is 5.50. The molecule has 0 aliphatic heterocycles. The molecule has 4 heteroatoms. The maximum absolute atomic E-state index is 11.8. The molecule has 0 radical (unpaired) electrons. The first-order chi connectivity index (χ1) is 7.78. The van der Waals surface area contributed by atoms with Crippen LogP contribution in [0, 0.1) is 0 Å². The normalized spacial score (nSPS) is 15.6. The molecule has 2 heterocycles. The Balaban J connectivity index is 2.22. The zero-order chi connectivity index (χ0) is 11.1. The molecule has 0 spiro atoms. The Morgan fingerprint density at radius 1 is 1.44 bits per heavy atom. The number of fused-ring (bicyclic) bond motifs is 1. The van der Waals surface area contributed by atoms with Crippen molar-refractivity contribution < 1.29 is 0 Å². The van der Waals surface area contributed by atoms with Crippen LogP contribution in [-0.2, 0) is 6.54 Å². The average molecular weight is 215 g/mol. The van der Waals surface area contributed by atoms with Crippen molar-refractivity contribution in [3.05, 3.63) is 39.8 Å². The van der Waals surface area contributed by atoms with E-state index in [2.05, 4.69) is 9.97 Å². The van der Waals surface area contributed by atoms with Crippen LogP contribution in [0.5, 0.6) is 0 Å². The molecule has 3 N–H and O–H groups in total. The fourth-order valence-electron chi connectivity index (χ4n) is 1.95. The zero-order valence-electron chi connectivity index (χ0n) is 8.86. The molecule has 4 nitrogen and oxygen atoms in total. The van der Waals surface area contributed by atoms with Crippen molar-refractivity contribution >= 4 is 11.0 Å². The van der Waals surface area contributed by atoms with Crippen molar-refractivity contribution in [2.75, 3.05) is 0 Å². The summed E-state index contributed by atoms with van der Waals surface area (Å²) in [5.41, 5.74) is 8.98. The van der Waals surface area contributed by atoms with Crippen molar-refractivity contribution in [1.82, 2.24) is 9.97 Å². The van der Waals surface area contributed by atoms with Gasteiger partial charge in [-0.15, -0.1) is 0 Å². The lowest BCUT2D eigenvalue weighted by Gasteiger charge is -2.02. The fourth-order valence-corrected chi connectivity index (χ4v) is 1.95. The van der Waals surface area contributed by atoms with Crippen LogP contribution in [0.1, 0.15) is 29.9 Å². The number of nitrogens with two attached hydrogens (primary N) is 1. The molecule has 16 heavy (non-hydrogen) atoms. The molecule has 0 amide bonds. The molecule has 1 saturated carbocycles. The molecule has 1 aliphatic rings. The van der Waals surface area contributed by atoms with E-state index in [0.29, 0.717) is 12.5 Å². The van der Waals surface area contributed by atoms with Crippen LogP contribution in [0.25, 0.3) is 11.0 Å². The van der Waals surface area contributed by atoms with Gasteiger partial charge in [0.15, 0.2) is 0 Å². The molecular weight excluding hydrogens is 202 g/mol. The second-order valence-electron chi connectivity index (χ2n) is 4.31. The van der Waals surface area contributed by atoms with Gasteiger partial charge in [-0.2, -0.15) is 0 Å². The SMILES string of the molecule is NCc1cnc2cc(C3CC3)c(=O)[nH]c2c1. The van der Waals surface area contributed by atoms with Crippen molar-refractivity contribution in [3.63, 3.8) is 0 Å². The number of hydrogen-bond acceptors (Lipinski definition) is 3. The van der Waals surface area contributed by atoms with Crippen molar-refractivity contribution in [3.8, 4) is 0 Å². The number of pyridine rings is 2. The summed E-state index contributed by atoms with van der Waals surface area (Å²) in [6.07, 6.45) is 4.00. The van der Waals surface area contributed by atoms with Crippen molar-refractivity contribution in [1.29, 1.82) is 0 Å². The minimum absolute atomic E-state index is 0.0194. The highest BCUT2D eigenvalue weighted by atomic mass is 16.1. The first kappa shape index (κ1) is 9.54. The van der Waals surface area contributed by atoms with E-state index < -0.39 is 0 Å². The van der Waals surface area contributed by atoms with Crippen molar-refractivity contribution in [2.45, 2.75) is 25.3 Å². The predicted octanol–water partition coefficient (Wildman–Crippen LogP) is 1.26. The fraction of sp³-hybridized carbons (Fsp3) is 0.333. The maximum Gasteiger partial charge on any atom is 0.252 e. The van der Waals surface area contributed by atoms with Gasteiger partial charge in [-0.25, -0.2) is 0 Å². The van der Waals surface area contributed by atoms with E-state index in [9.17, 15) is 4.79 Å². The van der Waals surface area contributed by atoms with E-state index in [1.54, 1.807) is 6.20 Å². The lowest BCUT2D eigenvalue weighted by atomic mass is 10.1. The molecule has 82 valence electrons. The second kappa shape index (κ2) is 3.42. The van der Waals surface area contributed by atoms with Crippen LogP contribution in [0.3, 0.4) is 0 Å². The van der Waals surface area contributed by atoms with Gasteiger partial charge < -0.3 is 10.7 Å². The van der Waals surface area contributed by atoms with Crippen LogP contribution in [0.4, 0.5) is 0 Å². The number of rotatable bonds is 2. The Labute approximate surface area is 92.5 Å². The molecule has 1 fully saturated rings. The number of H-pyrrole nitrogens is 1. The van der Waals surface area contributed by atoms with Gasteiger partial charge in [0.1, 0.15) is 0 Å². The summed E-state index contributed by atoms with van der Waals surface area (Å²) in [5.74, 6) is 0.448. The molecule has 0 bridgehead atoms. The Bertz CT molecular complexity index is 599. The molecule has 2 aromatic heterocycles. The summed E-state index contributed by atoms with van der Waals surface area (Å²) in [6, 6.07) is 3.80. The third-order valence-electron chi connectivity index (χ3n) is 3.03. The van der Waals surface area contributed by atoms with Gasteiger partial charge in [0, 0.05) is 18.3 Å². The van der Waals surface area contributed by atoms with Crippen molar-refractivity contribution in [2.24, 2.45) is 5.73 Å². The molecule has 2 aromatic rings. The van der Waals surface area contributed by atoms with E-state index in [0.717, 1.165) is 35.0 Å². The minimum Gasteiger partial charge on any atom is -0.326 e. The third-order valence-corrected chi connectivity index (χ3v) is 3.03. The molecule has 0 unspecified atom stereocenters. The highest BCUT2D eigenvalue weighted by Crippen LogP contribution is 2.38. The Kier molecular flexibility index (Phi) is 2.04. The summed E-state index contributed by atoms with van der Waals surface area (Å²) >= 11 is 0. The van der Waals surface area contributed by atoms with Gasteiger partial charge in [0.05, 0.1) is 11.0 Å². The van der Waals surface area contributed by atoms with Gasteiger partial charge >= 0.3 is 0 Å². The summed E-state index contributed by atoms with van der Waals surface area (Å²) in [7, 11) is 0. The largest absolute Gasteiger partial charge is 0.326 e. The lowest BCUT2D eigenvalue weighted by molar-refractivity contribution is 1.04. The quantitative estimate of drug-likeness (QED) is 0.792. The second-order valence-corrected chi connectivity index (χ2v) is 4.31. The molecule has 0 atom stereocenters. The topological polar surface area (TPSA) is 71.8 Å². The van der Waals surface area contributed by atoms with Crippen LogP contribution >= 0.6 is 0 Å². The number of aromatic amines is 1. The summed E-state index contributed by atoms with van der Waals surface area (Å²) in [5, 5.41) is 0. The van der Waals surface area contributed by atoms with Gasteiger partial charge in [-0.05, 0) is 36.5 Å². The monoisotopic (exact) mass is 215 g/mol. The predicted molar refractivity (Wildman–Crippen MR) is 62.2 cm³/mol. The van der Waals surface area contributed by atoms with Gasteiger partial charge in [0.25, 0.3) is 5.56 Å². The Morgan fingerprint density at radius 3 is 2.94 bits per heavy atom. The third kappa shape index (κ3) is 1.51. The van der Waals surface area contributed by atoms with Crippen LogP contribution < -0.4 is 11.3 Å². The maximum atomic E-state index is 11.8. The standard InChI is InChI=1S/C12H13N3O/c13-5-7-3-11-10(14-6-7)4-9(8-1-2-8)12(16)15-11/h3-4,6,8H,1-2,5,13H2,(H,15,16). The van der Waals surface area contributed by atoms with E-state index in [-0.39, 0.29) is 5.56 Å². The summed E-state index contributed by atoms with van der Waals surface area (Å²) in [4.78, 5) is 19.0. The molecular formula is C12H13N3O. The number of aromatic nitrogens is 2. The number of nitrogens with one attached hydrogen (secondary N) is 1. The minimum atomic E-state index is 0.0194. The number of hydrogen-bond donors (Lipinski definition) is 2. The van der Waals surface area contributed by atoms with E-state index >= 15 is 0 Å². The average Bonchev–Trinajstić information content (AvgIpc) is 3.11. The lowest BCUT2D eigenvalue weighted by Crippen LogP contribution is -2.12. The van der Waals surface area contributed by atoms with E-state index in [1.807, 2.05) is 12.1 Å². The van der Waals surface area contributed by atoms with Crippen LogP contribution in [-0.4, -0.2) is 9.97 Å². The highest BCUT2D eigenvalue weighted by molar-refractivity contribution is 5.75. The molecule has 3 rings (SSSR count). The van der Waals surface area contributed by atoms with Gasteiger partial charge in [-0.3, -0.25) is 9.78 Å². The summed E-state index contributed by atoms with van der Waals surface area (Å²) < 4.78 is 0. The van der Waals surface area contributed by atoms with E-state index in [4.69, 9.17) is 5.73 Å². The Morgan fingerprint density at radius 2 is 2.25 bits per heavy atom. The molecule has 1 aliphatic carbocycles. The highest BCUT2D eigenvalue weighted by Gasteiger charge is 2.26. The molecule has 0 aromatic carbocycles. The van der Waals surface area contributed by atoms with Crippen LogP contribution in [0.15, 0.2) is 23.1 Å². The molecule has 0 saturated heterocycles. The zero-order valence-corrected chi connectivity index (χ0v) is 8.86. The first-order valence-corrected chi connectivity index (χ1v) is 5.50. The van der Waals surface area contributed by atoms with E-state index in [1.165, 1.54) is 0 Å². The van der Waals surface area contributed by atoms with Crippen LogP contribution in [0.2, 0.25) is 0 Å². The summed E-state index contributed by atoms with van der Waals surface area (Å²) in [6.45, 7) is 0.440. The number of nitrogens with zero attached hydrogens (tertiary/aromatic N) is 1. The Hall–Kier alpha value is -1.68.